The average Bonchev–Trinajstić information content (AvgIpc) is 3.42. The van der Waals surface area contributed by atoms with Crippen molar-refractivity contribution in [1.82, 2.24) is 19.4 Å². The summed E-state index contributed by atoms with van der Waals surface area (Å²) in [4.78, 5) is 37.0. The number of ether oxygens (including phenoxy) is 1. The Bertz CT molecular complexity index is 1690. The van der Waals surface area contributed by atoms with Crippen molar-refractivity contribution >= 4 is 28.4 Å². The smallest absolute Gasteiger partial charge is 0.269 e. The number of fused-ring (bicyclic) bond motifs is 1. The molecule has 1 saturated heterocycles. The fourth-order valence-electron chi connectivity index (χ4n) is 5.22. The molecule has 3 heterocycles. The number of carbonyl (C=O) groups excluding carboxylic acids is 1. The van der Waals surface area contributed by atoms with Crippen LogP contribution in [0.15, 0.2) is 91.4 Å². The molecule has 0 spiro atoms. The second-order valence-electron chi connectivity index (χ2n) is 9.68. The van der Waals surface area contributed by atoms with Gasteiger partial charge in [-0.15, -0.1) is 0 Å². The third-order valence-electron chi connectivity index (χ3n) is 7.27. The van der Waals surface area contributed by atoms with Crippen molar-refractivity contribution in [1.29, 1.82) is 0 Å². The number of hydrogen-bond acceptors (Lipinski definition) is 7. The molecule has 0 aliphatic carbocycles. The minimum Gasteiger partial charge on any atom is -0.494 e. The fourth-order valence-corrected chi connectivity index (χ4v) is 5.22. The third-order valence-corrected chi connectivity index (χ3v) is 7.27. The highest BCUT2D eigenvalue weighted by Gasteiger charge is 2.26. The van der Waals surface area contributed by atoms with Crippen molar-refractivity contribution in [3.05, 3.63) is 107 Å². The molecule has 10 nitrogen and oxygen atoms in total. The van der Waals surface area contributed by atoms with E-state index in [4.69, 9.17) is 14.7 Å². The van der Waals surface area contributed by atoms with Gasteiger partial charge in [0.15, 0.2) is 5.65 Å². The topological polar surface area (TPSA) is 107 Å². The van der Waals surface area contributed by atoms with Crippen molar-refractivity contribution in [2.75, 3.05) is 37.7 Å². The van der Waals surface area contributed by atoms with Gasteiger partial charge >= 0.3 is 0 Å². The molecule has 5 aromatic rings. The number of piperazine rings is 1. The van der Waals surface area contributed by atoms with Gasteiger partial charge in [0.2, 0.25) is 0 Å². The molecule has 6 rings (SSSR count). The maximum Gasteiger partial charge on any atom is 0.269 e. The van der Waals surface area contributed by atoms with E-state index >= 15 is 0 Å². The Morgan fingerprint density at radius 2 is 1.63 bits per heavy atom. The Labute approximate surface area is 236 Å². The number of nitro groups is 1. The largest absolute Gasteiger partial charge is 0.494 e. The molecular weight excluding hydrogens is 520 g/mol. The first kappa shape index (κ1) is 26.0. The number of benzene rings is 3. The quantitative estimate of drug-likeness (QED) is 0.199. The number of aromatic nitrogens is 3. The number of nitro benzene ring substituents is 1. The van der Waals surface area contributed by atoms with Gasteiger partial charge in [0.25, 0.3) is 11.6 Å². The van der Waals surface area contributed by atoms with Gasteiger partial charge in [-0.2, -0.15) is 0 Å². The van der Waals surface area contributed by atoms with Gasteiger partial charge in [0, 0.05) is 61.3 Å². The van der Waals surface area contributed by atoms with Crippen molar-refractivity contribution < 1.29 is 14.5 Å². The first-order chi connectivity index (χ1) is 20.0. The zero-order valence-electron chi connectivity index (χ0n) is 22.5. The van der Waals surface area contributed by atoms with Gasteiger partial charge in [-0.05, 0) is 48.9 Å². The van der Waals surface area contributed by atoms with Crippen LogP contribution in [0.2, 0.25) is 0 Å². The molecule has 1 aliphatic heterocycles. The SMILES string of the molecule is CCOc1ccc(-n2cc(-c3ccccc3)c3c(N4CCN(C(=O)c5ccc([N+](=O)[O-])cc5)CC4)ncnc32)cc1. The summed E-state index contributed by atoms with van der Waals surface area (Å²) < 4.78 is 7.71. The molecule has 0 atom stereocenters. The summed E-state index contributed by atoms with van der Waals surface area (Å²) in [5, 5.41) is 11.9. The van der Waals surface area contributed by atoms with Crippen LogP contribution in [0.4, 0.5) is 11.5 Å². The van der Waals surface area contributed by atoms with Gasteiger partial charge in [-0.3, -0.25) is 14.9 Å². The molecule has 0 bridgehead atoms. The Hall–Kier alpha value is -5.25. The van der Waals surface area contributed by atoms with Gasteiger partial charge in [0.05, 0.1) is 16.9 Å². The molecule has 41 heavy (non-hydrogen) atoms. The van der Waals surface area contributed by atoms with E-state index in [1.165, 1.54) is 24.3 Å². The monoisotopic (exact) mass is 548 g/mol. The Kier molecular flexibility index (Phi) is 7.03. The van der Waals surface area contributed by atoms with E-state index < -0.39 is 4.92 Å². The molecule has 0 unspecified atom stereocenters. The van der Waals surface area contributed by atoms with E-state index in [0.29, 0.717) is 38.3 Å². The molecule has 3 aromatic carbocycles. The van der Waals surface area contributed by atoms with Gasteiger partial charge in [-0.1, -0.05) is 30.3 Å². The Morgan fingerprint density at radius 1 is 0.927 bits per heavy atom. The molecule has 2 aromatic heterocycles. The maximum absolute atomic E-state index is 13.1. The van der Waals surface area contributed by atoms with Crippen LogP contribution in [0.5, 0.6) is 5.75 Å². The highest BCUT2D eigenvalue weighted by atomic mass is 16.6. The van der Waals surface area contributed by atoms with Gasteiger partial charge in [-0.25, -0.2) is 9.97 Å². The van der Waals surface area contributed by atoms with Crippen molar-refractivity contribution in [2.24, 2.45) is 0 Å². The first-order valence-corrected chi connectivity index (χ1v) is 13.5. The maximum atomic E-state index is 13.1. The van der Waals surface area contributed by atoms with E-state index in [1.54, 1.807) is 11.2 Å². The molecule has 1 amide bonds. The van der Waals surface area contributed by atoms with Crippen LogP contribution in [0.25, 0.3) is 27.8 Å². The lowest BCUT2D eigenvalue weighted by Crippen LogP contribution is -2.49. The summed E-state index contributed by atoms with van der Waals surface area (Å²) in [7, 11) is 0. The van der Waals surface area contributed by atoms with Crippen molar-refractivity contribution in [3.8, 4) is 22.6 Å². The normalized spacial score (nSPS) is 13.4. The molecule has 1 fully saturated rings. The van der Waals surface area contributed by atoms with Gasteiger partial charge < -0.3 is 19.1 Å². The predicted octanol–water partition coefficient (Wildman–Crippen LogP) is 5.36. The lowest BCUT2D eigenvalue weighted by atomic mass is 10.1. The number of anilines is 1. The molecule has 0 saturated carbocycles. The minimum atomic E-state index is -0.470. The van der Waals surface area contributed by atoms with Crippen LogP contribution in [0.3, 0.4) is 0 Å². The number of amides is 1. The third kappa shape index (κ3) is 5.07. The molecular formula is C31H28N6O4. The summed E-state index contributed by atoms with van der Waals surface area (Å²) in [5.41, 5.74) is 4.24. The summed E-state index contributed by atoms with van der Waals surface area (Å²) >= 11 is 0. The van der Waals surface area contributed by atoms with E-state index in [2.05, 4.69) is 27.8 Å². The van der Waals surface area contributed by atoms with E-state index in [-0.39, 0.29) is 11.6 Å². The Morgan fingerprint density at radius 3 is 2.29 bits per heavy atom. The van der Waals surface area contributed by atoms with Crippen molar-refractivity contribution in [3.63, 3.8) is 0 Å². The Balaban J connectivity index is 1.32. The van der Waals surface area contributed by atoms with Crippen LogP contribution in [-0.2, 0) is 0 Å². The minimum absolute atomic E-state index is 0.0365. The average molecular weight is 549 g/mol. The second kappa shape index (κ2) is 11.1. The van der Waals surface area contributed by atoms with E-state index in [9.17, 15) is 14.9 Å². The summed E-state index contributed by atoms with van der Waals surface area (Å²) in [6.07, 6.45) is 3.69. The molecule has 0 radical (unpaired) electrons. The fraction of sp³-hybridized carbons (Fsp3) is 0.194. The highest BCUT2D eigenvalue weighted by Crippen LogP contribution is 2.37. The zero-order chi connectivity index (χ0) is 28.3. The number of rotatable bonds is 7. The lowest BCUT2D eigenvalue weighted by molar-refractivity contribution is -0.384. The zero-order valence-corrected chi connectivity index (χ0v) is 22.5. The van der Waals surface area contributed by atoms with Gasteiger partial charge in [0.1, 0.15) is 17.9 Å². The van der Waals surface area contributed by atoms with Crippen molar-refractivity contribution in [2.45, 2.75) is 6.92 Å². The van der Waals surface area contributed by atoms with Crippen LogP contribution in [0, 0.1) is 10.1 Å². The van der Waals surface area contributed by atoms with Crippen LogP contribution < -0.4 is 9.64 Å². The molecule has 206 valence electrons. The van der Waals surface area contributed by atoms with Crippen LogP contribution in [0.1, 0.15) is 17.3 Å². The number of non-ortho nitro benzene ring substituents is 1. The number of nitrogens with zero attached hydrogens (tertiary/aromatic N) is 6. The van der Waals surface area contributed by atoms with Crippen LogP contribution in [-0.4, -0.2) is 63.1 Å². The molecule has 10 heteroatoms. The summed E-state index contributed by atoms with van der Waals surface area (Å²) in [5.74, 6) is 1.49. The molecule has 0 N–H and O–H groups in total. The number of hydrogen-bond donors (Lipinski definition) is 0. The highest BCUT2D eigenvalue weighted by molar-refractivity contribution is 6.02. The van der Waals surface area contributed by atoms with E-state index in [1.807, 2.05) is 49.4 Å². The van der Waals surface area contributed by atoms with Crippen LogP contribution >= 0.6 is 0 Å². The van der Waals surface area contributed by atoms with E-state index in [0.717, 1.165) is 39.4 Å². The standard InChI is InChI=1S/C31H28N6O4/c1-2-41-26-14-12-24(13-15-26)36-20-27(22-6-4-3-5-7-22)28-29(32-21-33-30(28)36)34-16-18-35(19-17-34)31(38)23-8-10-25(11-9-23)37(39)40/h3-15,20-21H,2,16-19H2,1H3. The lowest BCUT2D eigenvalue weighted by Gasteiger charge is -2.35. The number of carbonyl (C=O) groups is 1. The summed E-state index contributed by atoms with van der Waals surface area (Å²) in [6, 6.07) is 23.9. The first-order valence-electron chi connectivity index (χ1n) is 13.5. The summed E-state index contributed by atoms with van der Waals surface area (Å²) in [6.45, 7) is 4.75. The predicted molar refractivity (Wildman–Crippen MR) is 157 cm³/mol. The second-order valence-corrected chi connectivity index (χ2v) is 9.68. The molecule has 1 aliphatic rings.